The fourth-order valence-electron chi connectivity index (χ4n) is 0.712. The largest absolute Gasteiger partial charge is 0.457 e. The van der Waals surface area contributed by atoms with Crippen molar-refractivity contribution in [1.82, 2.24) is 0 Å². The van der Waals surface area contributed by atoms with Crippen molar-refractivity contribution in [2.24, 2.45) is 0 Å². The van der Waals surface area contributed by atoms with Crippen LogP contribution in [-0.2, 0) is 0 Å². The van der Waals surface area contributed by atoms with E-state index in [4.69, 9.17) is 4.42 Å². The lowest BCUT2D eigenvalue weighted by Crippen LogP contribution is -1.43. The molecule has 2 heterocycles. The Morgan fingerprint density at radius 3 is 1.38 bits per heavy atom. The minimum atomic E-state index is 0. The van der Waals surface area contributed by atoms with Crippen molar-refractivity contribution in [2.75, 3.05) is 0 Å². The van der Waals surface area contributed by atoms with E-state index >= 15 is 0 Å². The third-order valence-corrected chi connectivity index (χ3v) is 1.06. The molecule has 0 radical (unpaired) electrons. The average molecular weight is 129 g/mol. The Morgan fingerprint density at radius 2 is 1.25 bits per heavy atom. The highest BCUT2D eigenvalue weighted by Gasteiger charge is 1.91. The number of benzene rings is 1. The van der Waals surface area contributed by atoms with Crippen LogP contribution in [0.2, 0.25) is 0 Å². The molecule has 0 aliphatic rings. The van der Waals surface area contributed by atoms with E-state index in [1.807, 2.05) is 24.3 Å². The van der Waals surface area contributed by atoms with Crippen molar-refractivity contribution in [3.8, 4) is 0 Å². The first-order chi connectivity index (χ1) is 3.45. The van der Waals surface area contributed by atoms with E-state index in [-0.39, 0.29) is 12.4 Å². The van der Waals surface area contributed by atoms with Gasteiger partial charge in [-0.1, -0.05) is 0 Å². The quantitative estimate of drug-likeness (QED) is 0.531. The lowest BCUT2D eigenvalue weighted by atomic mass is 10.4. The maximum atomic E-state index is 5.08. The van der Waals surface area contributed by atoms with Crippen LogP contribution in [0, 0.1) is 0 Å². The van der Waals surface area contributed by atoms with Crippen LogP contribution in [-0.4, -0.2) is 0 Å². The van der Waals surface area contributed by atoms with Crippen LogP contribution >= 0.6 is 12.4 Å². The molecule has 0 atom stereocenters. The molecule has 0 spiro atoms. The Balaban J connectivity index is 0.000000320. The summed E-state index contributed by atoms with van der Waals surface area (Å²) in [6.07, 6.45) is 0. The van der Waals surface area contributed by atoms with Crippen LogP contribution in [0.25, 0.3) is 11.2 Å². The van der Waals surface area contributed by atoms with Crippen molar-refractivity contribution in [3.05, 3.63) is 24.3 Å². The highest BCUT2D eigenvalue weighted by atomic mass is 35.5. The first-order valence-corrected chi connectivity index (χ1v) is 2.23. The van der Waals surface area contributed by atoms with Crippen molar-refractivity contribution in [1.29, 1.82) is 0 Å². The Morgan fingerprint density at radius 1 is 0.875 bits per heavy atom. The summed E-state index contributed by atoms with van der Waals surface area (Å²) in [5, 5.41) is 0. The van der Waals surface area contributed by atoms with E-state index in [1.165, 1.54) is 0 Å². The first-order valence-electron chi connectivity index (χ1n) is 2.23. The first kappa shape index (κ1) is 5.45. The van der Waals surface area contributed by atoms with Crippen molar-refractivity contribution >= 4 is 23.6 Å². The number of hydrogen-bond acceptors (Lipinski definition) is 1. The molecule has 2 rings (SSSR count). The van der Waals surface area contributed by atoms with Crippen molar-refractivity contribution < 1.29 is 4.42 Å². The average Bonchev–Trinajstić information content (AvgIpc) is 2.22. The maximum absolute atomic E-state index is 5.08. The summed E-state index contributed by atoms with van der Waals surface area (Å²) in [5.74, 6) is 0. The zero-order valence-corrected chi connectivity index (χ0v) is 4.94. The fourth-order valence-corrected chi connectivity index (χ4v) is 0.712. The highest BCUT2D eigenvalue weighted by Crippen LogP contribution is 2.13. The lowest BCUT2D eigenvalue weighted by molar-refractivity contribution is 0.675. The molecule has 8 heavy (non-hydrogen) atoms. The van der Waals surface area contributed by atoms with Gasteiger partial charge in [0.25, 0.3) is 0 Å². The van der Waals surface area contributed by atoms with Crippen LogP contribution < -0.4 is 0 Å². The predicted octanol–water partition coefficient (Wildman–Crippen LogP) is 2.29. The van der Waals surface area contributed by atoms with Crippen LogP contribution in [0.1, 0.15) is 0 Å². The molecule has 2 bridgehead atoms. The van der Waals surface area contributed by atoms with Gasteiger partial charge in [0, 0.05) is 0 Å². The molecule has 0 unspecified atom stereocenters. The molecule has 2 heteroatoms. The second-order valence-electron chi connectivity index (χ2n) is 1.57. The van der Waals surface area contributed by atoms with E-state index in [0.29, 0.717) is 0 Å². The molecule has 42 valence electrons. The van der Waals surface area contributed by atoms with Gasteiger partial charge in [0.05, 0.1) is 0 Å². The van der Waals surface area contributed by atoms with Gasteiger partial charge < -0.3 is 4.42 Å². The molecule has 0 fully saturated rings. The normalized spacial score (nSPS) is 9.50. The second-order valence-corrected chi connectivity index (χ2v) is 1.57. The third kappa shape index (κ3) is 0.557. The van der Waals surface area contributed by atoms with Crippen LogP contribution in [0.4, 0.5) is 0 Å². The van der Waals surface area contributed by atoms with Gasteiger partial charge in [-0.3, -0.25) is 0 Å². The summed E-state index contributed by atoms with van der Waals surface area (Å²) in [5.41, 5.74) is 1.94. The molecule has 0 saturated carbocycles. The molecule has 0 saturated heterocycles. The van der Waals surface area contributed by atoms with Gasteiger partial charge in [0.2, 0.25) is 0 Å². The summed E-state index contributed by atoms with van der Waals surface area (Å²) >= 11 is 0. The molecule has 2 aromatic rings. The zero-order valence-electron chi connectivity index (χ0n) is 4.13. The van der Waals surface area contributed by atoms with E-state index in [1.54, 1.807) is 0 Å². The molecule has 0 aliphatic carbocycles. The summed E-state index contributed by atoms with van der Waals surface area (Å²) in [6.45, 7) is 0. The van der Waals surface area contributed by atoms with Crippen molar-refractivity contribution in [3.63, 3.8) is 0 Å². The monoisotopic (exact) mass is 128 g/mol. The molecule has 0 amide bonds. The number of furan rings is 2. The van der Waals surface area contributed by atoms with Gasteiger partial charge in [-0.2, -0.15) is 0 Å². The van der Waals surface area contributed by atoms with E-state index in [2.05, 4.69) is 0 Å². The van der Waals surface area contributed by atoms with Crippen LogP contribution in [0.3, 0.4) is 0 Å². The maximum Gasteiger partial charge on any atom is 0.127 e. The number of hydrogen-bond donors (Lipinski definition) is 0. The van der Waals surface area contributed by atoms with E-state index < -0.39 is 0 Å². The summed E-state index contributed by atoms with van der Waals surface area (Å²) in [7, 11) is 0. The number of fused-ring (bicyclic) bond motifs is 2. The Labute approximate surface area is 53.0 Å². The van der Waals surface area contributed by atoms with Gasteiger partial charge >= 0.3 is 0 Å². The molecule has 0 N–H and O–H groups in total. The van der Waals surface area contributed by atoms with Gasteiger partial charge in [-0.05, 0) is 24.3 Å². The second kappa shape index (κ2) is 1.67. The standard InChI is InChI=1S/C6H4O.ClH/c1-2-6-4-3-5(1)7-6;/h1-4H;1H. The number of rotatable bonds is 0. The summed E-state index contributed by atoms with van der Waals surface area (Å²) < 4.78 is 5.08. The van der Waals surface area contributed by atoms with E-state index in [9.17, 15) is 0 Å². The number of halogens is 1. The van der Waals surface area contributed by atoms with Gasteiger partial charge in [0.15, 0.2) is 0 Å². The van der Waals surface area contributed by atoms with Gasteiger partial charge in [0.1, 0.15) is 11.2 Å². The Kier molecular flexibility index (Phi) is 1.14. The van der Waals surface area contributed by atoms with Gasteiger partial charge in [-0.25, -0.2) is 0 Å². The Hall–Kier alpha value is -0.690. The fraction of sp³-hybridized carbons (Fsp3) is 0. The smallest absolute Gasteiger partial charge is 0.127 e. The molecule has 2 aromatic heterocycles. The molecule has 0 aliphatic heterocycles. The zero-order chi connectivity index (χ0) is 4.69. The van der Waals surface area contributed by atoms with Crippen molar-refractivity contribution in [2.45, 2.75) is 0 Å². The van der Waals surface area contributed by atoms with Crippen LogP contribution in [0.15, 0.2) is 28.7 Å². The minimum absolute atomic E-state index is 0. The Bertz CT molecular complexity index is 205. The van der Waals surface area contributed by atoms with Crippen LogP contribution in [0.5, 0.6) is 0 Å². The summed E-state index contributed by atoms with van der Waals surface area (Å²) in [4.78, 5) is 0. The predicted molar refractivity (Wildman–Crippen MR) is 34.6 cm³/mol. The highest BCUT2D eigenvalue weighted by molar-refractivity contribution is 5.85. The minimum Gasteiger partial charge on any atom is -0.457 e. The summed E-state index contributed by atoms with van der Waals surface area (Å²) in [6, 6.07) is 7.81. The molecular weight excluding hydrogens is 124 g/mol. The molecular formula is C6H5ClO. The third-order valence-electron chi connectivity index (χ3n) is 1.06. The SMILES string of the molecule is Cl.c1cc2ccc1o2. The molecule has 1 nitrogen and oxygen atoms in total. The lowest BCUT2D eigenvalue weighted by Gasteiger charge is -1.60. The van der Waals surface area contributed by atoms with Gasteiger partial charge in [-0.15, -0.1) is 12.4 Å². The topological polar surface area (TPSA) is 13.1 Å². The molecule has 0 aromatic carbocycles. The van der Waals surface area contributed by atoms with E-state index in [0.717, 1.165) is 11.2 Å².